The van der Waals surface area contributed by atoms with Gasteiger partial charge < -0.3 is 19.8 Å². The molecule has 0 aromatic carbocycles. The van der Waals surface area contributed by atoms with E-state index in [1.165, 1.54) is 5.69 Å². The van der Waals surface area contributed by atoms with E-state index < -0.39 is 0 Å². The summed E-state index contributed by atoms with van der Waals surface area (Å²) in [5, 5.41) is 0. The van der Waals surface area contributed by atoms with Gasteiger partial charge in [-0.15, -0.1) is 0 Å². The van der Waals surface area contributed by atoms with Crippen LogP contribution in [0.4, 0.5) is 0 Å². The van der Waals surface area contributed by atoms with Crippen molar-refractivity contribution in [3.63, 3.8) is 0 Å². The summed E-state index contributed by atoms with van der Waals surface area (Å²) >= 11 is 0. The van der Waals surface area contributed by atoms with Gasteiger partial charge in [-0.3, -0.25) is 0 Å². The molecule has 4 nitrogen and oxygen atoms in total. The molecule has 0 saturated heterocycles. The number of rotatable bonds is 8. The summed E-state index contributed by atoms with van der Waals surface area (Å²) < 4.78 is 12.5. The van der Waals surface area contributed by atoms with Crippen LogP contribution in [0.3, 0.4) is 0 Å². The van der Waals surface area contributed by atoms with Crippen molar-refractivity contribution in [3.8, 4) is 0 Å². The molecule has 0 spiro atoms. The van der Waals surface area contributed by atoms with E-state index in [1.807, 2.05) is 13.0 Å². The second-order valence-electron chi connectivity index (χ2n) is 3.98. The van der Waals surface area contributed by atoms with Crippen LogP contribution in [0.15, 0.2) is 18.3 Å². The Bertz CT molecular complexity index is 284. The van der Waals surface area contributed by atoms with Gasteiger partial charge in [-0.1, -0.05) is 0 Å². The Morgan fingerprint density at radius 3 is 2.88 bits per heavy atom. The van der Waals surface area contributed by atoms with Crippen molar-refractivity contribution < 1.29 is 9.47 Å². The van der Waals surface area contributed by atoms with Crippen molar-refractivity contribution in [2.45, 2.75) is 25.9 Å². The minimum atomic E-state index is 0.197. The van der Waals surface area contributed by atoms with Crippen LogP contribution in [-0.2, 0) is 22.4 Å². The lowest BCUT2D eigenvalue weighted by Crippen LogP contribution is -2.20. The van der Waals surface area contributed by atoms with Gasteiger partial charge in [0.25, 0.3) is 0 Å². The van der Waals surface area contributed by atoms with E-state index in [4.69, 9.17) is 15.2 Å². The van der Waals surface area contributed by atoms with Crippen LogP contribution in [0.1, 0.15) is 12.6 Å². The predicted molar refractivity (Wildman–Crippen MR) is 64.5 cm³/mol. The Morgan fingerprint density at radius 2 is 2.19 bits per heavy atom. The highest BCUT2D eigenvalue weighted by molar-refractivity contribution is 5.08. The summed E-state index contributed by atoms with van der Waals surface area (Å²) in [6.07, 6.45) is 2.97. The van der Waals surface area contributed by atoms with Crippen molar-refractivity contribution in [2.24, 2.45) is 5.73 Å². The lowest BCUT2D eigenvalue weighted by Gasteiger charge is -2.11. The first kappa shape index (κ1) is 13.2. The zero-order valence-corrected chi connectivity index (χ0v) is 10.2. The topological polar surface area (TPSA) is 49.4 Å². The monoisotopic (exact) mass is 226 g/mol. The molecule has 92 valence electrons. The number of methoxy groups -OCH3 is 1. The van der Waals surface area contributed by atoms with Crippen LogP contribution in [0, 0.1) is 0 Å². The summed E-state index contributed by atoms with van der Waals surface area (Å²) in [6, 6.07) is 4.36. The Kier molecular flexibility index (Phi) is 6.15. The first-order valence-corrected chi connectivity index (χ1v) is 5.70. The number of aromatic nitrogens is 1. The van der Waals surface area contributed by atoms with Gasteiger partial charge in [-0.25, -0.2) is 0 Å². The Morgan fingerprint density at radius 1 is 1.38 bits per heavy atom. The minimum absolute atomic E-state index is 0.197. The van der Waals surface area contributed by atoms with Crippen LogP contribution in [0.5, 0.6) is 0 Å². The Labute approximate surface area is 97.3 Å². The number of ether oxygens (including phenoxy) is 2. The standard InChI is InChI=1S/C12H22N2O2/c1-11(13)10-12-4-3-5-14(12)6-7-16-9-8-15-2/h3-5,11H,6-10,13H2,1-2H3. The van der Waals surface area contributed by atoms with Crippen molar-refractivity contribution in [1.82, 2.24) is 4.57 Å². The molecule has 2 N–H and O–H groups in total. The fraction of sp³-hybridized carbons (Fsp3) is 0.667. The average molecular weight is 226 g/mol. The molecule has 4 heteroatoms. The maximum absolute atomic E-state index is 5.79. The highest BCUT2D eigenvalue weighted by atomic mass is 16.5. The quantitative estimate of drug-likeness (QED) is 0.674. The molecule has 1 heterocycles. The molecule has 1 rings (SSSR count). The number of nitrogens with two attached hydrogens (primary N) is 1. The summed E-state index contributed by atoms with van der Waals surface area (Å²) in [4.78, 5) is 0. The van der Waals surface area contributed by atoms with Crippen LogP contribution in [0.2, 0.25) is 0 Å². The van der Waals surface area contributed by atoms with Gasteiger partial charge in [0.05, 0.1) is 19.8 Å². The molecule has 0 bridgehead atoms. The smallest absolute Gasteiger partial charge is 0.0701 e. The van der Waals surface area contributed by atoms with Crippen LogP contribution in [0.25, 0.3) is 0 Å². The van der Waals surface area contributed by atoms with E-state index in [2.05, 4.69) is 16.8 Å². The number of hydrogen-bond donors (Lipinski definition) is 1. The lowest BCUT2D eigenvalue weighted by atomic mass is 10.2. The zero-order valence-electron chi connectivity index (χ0n) is 10.2. The van der Waals surface area contributed by atoms with E-state index in [0.29, 0.717) is 19.8 Å². The second-order valence-corrected chi connectivity index (χ2v) is 3.98. The van der Waals surface area contributed by atoms with E-state index in [1.54, 1.807) is 7.11 Å². The van der Waals surface area contributed by atoms with E-state index in [0.717, 1.165) is 13.0 Å². The molecule has 1 unspecified atom stereocenters. The largest absolute Gasteiger partial charge is 0.382 e. The lowest BCUT2D eigenvalue weighted by molar-refractivity contribution is 0.0664. The molecule has 0 fully saturated rings. The van der Waals surface area contributed by atoms with Crippen LogP contribution in [-0.4, -0.2) is 37.5 Å². The molecule has 0 radical (unpaired) electrons. The van der Waals surface area contributed by atoms with E-state index in [9.17, 15) is 0 Å². The normalized spacial score (nSPS) is 12.9. The van der Waals surface area contributed by atoms with E-state index in [-0.39, 0.29) is 6.04 Å². The molecule has 0 amide bonds. The van der Waals surface area contributed by atoms with E-state index >= 15 is 0 Å². The highest BCUT2D eigenvalue weighted by Crippen LogP contribution is 2.04. The molecular formula is C12H22N2O2. The van der Waals surface area contributed by atoms with Crippen molar-refractivity contribution in [3.05, 3.63) is 24.0 Å². The van der Waals surface area contributed by atoms with Gasteiger partial charge in [0.15, 0.2) is 0 Å². The molecule has 0 saturated carbocycles. The fourth-order valence-electron chi connectivity index (χ4n) is 1.59. The van der Waals surface area contributed by atoms with Crippen LogP contribution >= 0.6 is 0 Å². The maximum Gasteiger partial charge on any atom is 0.0701 e. The average Bonchev–Trinajstić information content (AvgIpc) is 2.64. The molecule has 0 aliphatic heterocycles. The molecule has 1 aromatic rings. The number of hydrogen-bond acceptors (Lipinski definition) is 3. The second kappa shape index (κ2) is 7.44. The summed E-state index contributed by atoms with van der Waals surface area (Å²) in [6.45, 7) is 4.91. The van der Waals surface area contributed by atoms with Gasteiger partial charge in [0, 0.05) is 38.0 Å². The minimum Gasteiger partial charge on any atom is -0.382 e. The van der Waals surface area contributed by atoms with Crippen molar-refractivity contribution in [2.75, 3.05) is 26.9 Å². The third-order valence-corrected chi connectivity index (χ3v) is 2.36. The van der Waals surface area contributed by atoms with Crippen LogP contribution < -0.4 is 5.73 Å². The first-order chi connectivity index (χ1) is 7.74. The van der Waals surface area contributed by atoms with Gasteiger partial charge in [-0.05, 0) is 19.1 Å². The molecule has 0 aliphatic carbocycles. The molecule has 16 heavy (non-hydrogen) atoms. The predicted octanol–water partition coefficient (Wildman–Crippen LogP) is 1.04. The Balaban J connectivity index is 2.27. The van der Waals surface area contributed by atoms with Gasteiger partial charge in [0.1, 0.15) is 0 Å². The van der Waals surface area contributed by atoms with Crippen molar-refractivity contribution in [1.29, 1.82) is 0 Å². The maximum atomic E-state index is 5.79. The summed E-state index contributed by atoms with van der Waals surface area (Å²) in [5.41, 5.74) is 7.05. The molecular weight excluding hydrogens is 204 g/mol. The molecule has 1 aromatic heterocycles. The van der Waals surface area contributed by atoms with Gasteiger partial charge >= 0.3 is 0 Å². The number of nitrogens with zero attached hydrogens (tertiary/aromatic N) is 1. The Hall–Kier alpha value is -0.840. The van der Waals surface area contributed by atoms with Gasteiger partial charge in [-0.2, -0.15) is 0 Å². The summed E-state index contributed by atoms with van der Waals surface area (Å²) in [7, 11) is 1.68. The SMILES string of the molecule is COCCOCCn1cccc1CC(C)N. The fourth-order valence-corrected chi connectivity index (χ4v) is 1.59. The third kappa shape index (κ3) is 4.79. The highest BCUT2D eigenvalue weighted by Gasteiger charge is 2.03. The van der Waals surface area contributed by atoms with Crippen molar-refractivity contribution >= 4 is 0 Å². The third-order valence-electron chi connectivity index (χ3n) is 2.36. The van der Waals surface area contributed by atoms with Gasteiger partial charge in [0.2, 0.25) is 0 Å². The first-order valence-electron chi connectivity index (χ1n) is 5.70. The molecule has 0 aliphatic rings. The molecule has 1 atom stereocenters. The zero-order chi connectivity index (χ0) is 11.8. The summed E-state index contributed by atoms with van der Waals surface area (Å²) in [5.74, 6) is 0.